The highest BCUT2D eigenvalue weighted by atomic mass is 32.1. The Labute approximate surface area is 83.4 Å². The molecule has 72 valence electrons. The first-order valence-corrected chi connectivity index (χ1v) is 5.68. The lowest BCUT2D eigenvalue weighted by molar-refractivity contribution is 0.196. The molecule has 0 spiro atoms. The van der Waals surface area contributed by atoms with Crippen molar-refractivity contribution in [3.63, 3.8) is 0 Å². The minimum Gasteiger partial charge on any atom is -0.329 e. The van der Waals surface area contributed by atoms with Gasteiger partial charge in [-0.1, -0.05) is 0 Å². The highest BCUT2D eigenvalue weighted by Crippen LogP contribution is 2.24. The molecular formula is C10H16N2S. The van der Waals surface area contributed by atoms with Crippen molar-refractivity contribution in [2.24, 2.45) is 5.73 Å². The van der Waals surface area contributed by atoms with E-state index in [0.29, 0.717) is 6.04 Å². The Hall–Kier alpha value is -0.380. The number of nitrogens with zero attached hydrogens (tertiary/aromatic N) is 1. The Bertz CT molecular complexity index is 282. The molecule has 2 nitrogen and oxygen atoms in total. The van der Waals surface area contributed by atoms with Gasteiger partial charge in [0.15, 0.2) is 0 Å². The first-order valence-electron chi connectivity index (χ1n) is 4.80. The molecule has 0 amide bonds. The van der Waals surface area contributed by atoms with E-state index >= 15 is 0 Å². The van der Waals surface area contributed by atoms with Gasteiger partial charge in [-0.3, -0.25) is 4.90 Å². The van der Waals surface area contributed by atoms with Crippen molar-refractivity contribution >= 4 is 11.3 Å². The monoisotopic (exact) mass is 196 g/mol. The molecule has 0 aliphatic carbocycles. The molecule has 2 heterocycles. The molecule has 1 aliphatic rings. The van der Waals surface area contributed by atoms with E-state index in [2.05, 4.69) is 23.3 Å². The van der Waals surface area contributed by atoms with Crippen LogP contribution in [0.1, 0.15) is 17.4 Å². The van der Waals surface area contributed by atoms with Crippen LogP contribution in [0.2, 0.25) is 0 Å². The second-order valence-electron chi connectivity index (χ2n) is 3.67. The maximum Gasteiger partial charge on any atom is 0.0248 e. The Morgan fingerprint density at radius 1 is 1.69 bits per heavy atom. The molecule has 1 atom stereocenters. The first-order chi connectivity index (χ1) is 6.31. The normalized spacial score (nSPS) is 19.8. The molecular weight excluding hydrogens is 180 g/mol. The molecule has 3 heteroatoms. The molecule has 0 radical (unpaired) electrons. The minimum absolute atomic E-state index is 0.521. The van der Waals surface area contributed by atoms with Crippen LogP contribution in [-0.2, 0) is 13.0 Å². The van der Waals surface area contributed by atoms with Gasteiger partial charge < -0.3 is 5.73 Å². The fourth-order valence-corrected chi connectivity index (χ4v) is 2.69. The Morgan fingerprint density at radius 3 is 3.31 bits per heavy atom. The van der Waals surface area contributed by atoms with Gasteiger partial charge in [0.2, 0.25) is 0 Å². The molecule has 1 aliphatic heterocycles. The van der Waals surface area contributed by atoms with Crippen molar-refractivity contribution < 1.29 is 0 Å². The van der Waals surface area contributed by atoms with Gasteiger partial charge in [-0.2, -0.15) is 0 Å². The Kier molecular flexibility index (Phi) is 2.67. The average Bonchev–Trinajstić information content (AvgIpc) is 2.63. The standard InChI is InChI=1S/C10H16N2S/c1-8(6-11)12-4-2-10-9(7-12)3-5-13-10/h3,5,8H,2,4,6-7,11H2,1H3/t8-/m0/s1. The minimum atomic E-state index is 0.521. The summed E-state index contributed by atoms with van der Waals surface area (Å²) in [7, 11) is 0. The summed E-state index contributed by atoms with van der Waals surface area (Å²) in [5, 5.41) is 2.20. The zero-order chi connectivity index (χ0) is 9.26. The summed E-state index contributed by atoms with van der Waals surface area (Å²) in [6, 6.07) is 2.77. The zero-order valence-corrected chi connectivity index (χ0v) is 8.81. The fraction of sp³-hybridized carbons (Fsp3) is 0.600. The number of nitrogens with two attached hydrogens (primary N) is 1. The highest BCUT2D eigenvalue weighted by Gasteiger charge is 2.19. The summed E-state index contributed by atoms with van der Waals surface area (Å²) in [5.74, 6) is 0. The van der Waals surface area contributed by atoms with Crippen LogP contribution >= 0.6 is 11.3 Å². The van der Waals surface area contributed by atoms with Crippen LogP contribution in [0.4, 0.5) is 0 Å². The molecule has 0 bridgehead atoms. The van der Waals surface area contributed by atoms with E-state index in [1.807, 2.05) is 11.3 Å². The van der Waals surface area contributed by atoms with Gasteiger partial charge >= 0.3 is 0 Å². The smallest absolute Gasteiger partial charge is 0.0248 e. The lowest BCUT2D eigenvalue weighted by Crippen LogP contribution is -2.41. The predicted octanol–water partition coefficient (Wildman–Crippen LogP) is 1.45. The maximum absolute atomic E-state index is 5.66. The summed E-state index contributed by atoms with van der Waals surface area (Å²) < 4.78 is 0. The molecule has 0 unspecified atom stereocenters. The van der Waals surface area contributed by atoms with E-state index in [9.17, 15) is 0 Å². The number of hydrogen-bond donors (Lipinski definition) is 1. The third-order valence-electron chi connectivity index (χ3n) is 2.80. The van der Waals surface area contributed by atoms with Gasteiger partial charge in [0.1, 0.15) is 0 Å². The van der Waals surface area contributed by atoms with Crippen LogP contribution in [0.15, 0.2) is 11.4 Å². The van der Waals surface area contributed by atoms with Crippen molar-refractivity contribution in [2.75, 3.05) is 13.1 Å². The van der Waals surface area contributed by atoms with E-state index in [-0.39, 0.29) is 0 Å². The van der Waals surface area contributed by atoms with E-state index in [1.54, 1.807) is 4.88 Å². The van der Waals surface area contributed by atoms with Crippen molar-refractivity contribution in [1.82, 2.24) is 4.90 Å². The van der Waals surface area contributed by atoms with Crippen molar-refractivity contribution in [3.8, 4) is 0 Å². The van der Waals surface area contributed by atoms with Crippen molar-refractivity contribution in [2.45, 2.75) is 25.9 Å². The molecule has 13 heavy (non-hydrogen) atoms. The van der Waals surface area contributed by atoms with Gasteiger partial charge in [-0.15, -0.1) is 11.3 Å². The van der Waals surface area contributed by atoms with Gasteiger partial charge in [0, 0.05) is 30.6 Å². The number of thiophene rings is 1. The zero-order valence-electron chi connectivity index (χ0n) is 7.99. The van der Waals surface area contributed by atoms with E-state index in [4.69, 9.17) is 5.73 Å². The predicted molar refractivity (Wildman–Crippen MR) is 56.9 cm³/mol. The number of rotatable bonds is 2. The molecule has 1 aromatic heterocycles. The topological polar surface area (TPSA) is 29.3 Å². The van der Waals surface area contributed by atoms with E-state index in [0.717, 1.165) is 13.1 Å². The van der Waals surface area contributed by atoms with Crippen LogP contribution in [-0.4, -0.2) is 24.0 Å². The highest BCUT2D eigenvalue weighted by molar-refractivity contribution is 7.10. The summed E-state index contributed by atoms with van der Waals surface area (Å²) in [6.45, 7) is 5.24. The second-order valence-corrected chi connectivity index (χ2v) is 4.67. The lowest BCUT2D eigenvalue weighted by atomic mass is 10.1. The first kappa shape index (κ1) is 9.19. The van der Waals surface area contributed by atoms with Crippen LogP contribution in [0.3, 0.4) is 0 Å². The third-order valence-corrected chi connectivity index (χ3v) is 3.82. The van der Waals surface area contributed by atoms with Gasteiger partial charge in [0.05, 0.1) is 0 Å². The molecule has 2 rings (SSSR count). The van der Waals surface area contributed by atoms with E-state index < -0.39 is 0 Å². The van der Waals surface area contributed by atoms with Crippen LogP contribution in [0.25, 0.3) is 0 Å². The van der Waals surface area contributed by atoms with Crippen LogP contribution in [0, 0.1) is 0 Å². The molecule has 1 aromatic rings. The van der Waals surface area contributed by atoms with Crippen LogP contribution in [0.5, 0.6) is 0 Å². The lowest BCUT2D eigenvalue weighted by Gasteiger charge is -2.31. The molecule has 0 aromatic carbocycles. The largest absolute Gasteiger partial charge is 0.329 e. The van der Waals surface area contributed by atoms with Crippen molar-refractivity contribution in [3.05, 3.63) is 21.9 Å². The third kappa shape index (κ3) is 1.77. The van der Waals surface area contributed by atoms with Gasteiger partial charge in [-0.05, 0) is 30.4 Å². The molecule has 0 fully saturated rings. The fourth-order valence-electron chi connectivity index (χ4n) is 1.80. The van der Waals surface area contributed by atoms with Gasteiger partial charge in [0.25, 0.3) is 0 Å². The SMILES string of the molecule is C[C@@H](CN)N1CCc2sccc2C1. The number of hydrogen-bond acceptors (Lipinski definition) is 3. The molecule has 0 saturated carbocycles. The second kappa shape index (κ2) is 3.78. The summed E-state index contributed by atoms with van der Waals surface area (Å²) in [4.78, 5) is 4.04. The Balaban J connectivity index is 2.08. The van der Waals surface area contributed by atoms with Gasteiger partial charge in [-0.25, -0.2) is 0 Å². The quantitative estimate of drug-likeness (QED) is 0.776. The summed E-state index contributed by atoms with van der Waals surface area (Å²) >= 11 is 1.89. The molecule has 0 saturated heterocycles. The average molecular weight is 196 g/mol. The van der Waals surface area contributed by atoms with Crippen LogP contribution < -0.4 is 5.73 Å². The summed E-state index contributed by atoms with van der Waals surface area (Å²) in [6.07, 6.45) is 1.21. The summed E-state index contributed by atoms with van der Waals surface area (Å²) in [5.41, 5.74) is 7.17. The van der Waals surface area contributed by atoms with Crippen molar-refractivity contribution in [1.29, 1.82) is 0 Å². The number of fused-ring (bicyclic) bond motifs is 1. The Morgan fingerprint density at radius 2 is 2.54 bits per heavy atom. The van der Waals surface area contributed by atoms with E-state index in [1.165, 1.54) is 18.5 Å². The molecule has 2 N–H and O–H groups in total. The maximum atomic E-state index is 5.66.